The number of nitrogens with zero attached hydrogens (tertiary/aromatic N) is 4. The van der Waals surface area contributed by atoms with Crippen LogP contribution in [0.5, 0.6) is 0 Å². The van der Waals surface area contributed by atoms with Gasteiger partial charge in [0.15, 0.2) is 5.65 Å². The summed E-state index contributed by atoms with van der Waals surface area (Å²) >= 11 is 0. The second kappa shape index (κ2) is 7.63. The van der Waals surface area contributed by atoms with E-state index in [1.165, 1.54) is 12.1 Å². The number of aromatic amines is 1. The van der Waals surface area contributed by atoms with E-state index in [4.69, 9.17) is 4.74 Å². The number of nitrogens with one attached hydrogen (secondary N) is 3. The number of ether oxygens (including phenoxy) is 1. The SMILES string of the molecule is Fc1ccc(Nc2nc(NCCN3CCOCC3)nc3[nH]ncc23)cc1. The third kappa shape index (κ3) is 3.89. The fraction of sp³-hybridized carbons (Fsp3) is 0.353. The minimum atomic E-state index is -0.280. The van der Waals surface area contributed by atoms with Crippen molar-refractivity contribution >= 4 is 28.5 Å². The first-order valence-electron chi connectivity index (χ1n) is 8.55. The van der Waals surface area contributed by atoms with Crippen LogP contribution in [0.25, 0.3) is 11.0 Å². The van der Waals surface area contributed by atoms with Crippen molar-refractivity contribution in [1.82, 2.24) is 25.1 Å². The maximum absolute atomic E-state index is 13.1. The van der Waals surface area contributed by atoms with E-state index in [-0.39, 0.29) is 5.82 Å². The molecule has 0 amide bonds. The van der Waals surface area contributed by atoms with Gasteiger partial charge in [-0.25, -0.2) is 4.39 Å². The van der Waals surface area contributed by atoms with Gasteiger partial charge in [-0.3, -0.25) is 10.00 Å². The van der Waals surface area contributed by atoms with Crippen molar-refractivity contribution in [3.05, 3.63) is 36.3 Å². The molecule has 136 valence electrons. The van der Waals surface area contributed by atoms with E-state index in [0.717, 1.165) is 50.5 Å². The molecule has 0 bridgehead atoms. The Morgan fingerprint density at radius 3 is 2.77 bits per heavy atom. The summed E-state index contributed by atoms with van der Waals surface area (Å²) in [5.74, 6) is 0.848. The van der Waals surface area contributed by atoms with Gasteiger partial charge in [-0.1, -0.05) is 0 Å². The predicted molar refractivity (Wildman–Crippen MR) is 97.1 cm³/mol. The van der Waals surface area contributed by atoms with Crippen molar-refractivity contribution in [3.63, 3.8) is 0 Å². The molecule has 1 aliphatic rings. The van der Waals surface area contributed by atoms with Crippen LogP contribution in [0.1, 0.15) is 0 Å². The number of rotatable bonds is 6. The van der Waals surface area contributed by atoms with Gasteiger partial charge in [-0.05, 0) is 24.3 Å². The Balaban J connectivity index is 1.47. The highest BCUT2D eigenvalue weighted by molar-refractivity contribution is 5.88. The van der Waals surface area contributed by atoms with Crippen LogP contribution in [0.15, 0.2) is 30.5 Å². The summed E-state index contributed by atoms with van der Waals surface area (Å²) in [6.45, 7) is 5.08. The van der Waals surface area contributed by atoms with Crippen molar-refractivity contribution in [2.45, 2.75) is 0 Å². The first-order valence-corrected chi connectivity index (χ1v) is 8.55. The second-order valence-corrected chi connectivity index (χ2v) is 6.04. The molecule has 1 aromatic carbocycles. The summed E-state index contributed by atoms with van der Waals surface area (Å²) in [6.07, 6.45) is 1.67. The van der Waals surface area contributed by atoms with Crippen LogP contribution in [0.4, 0.5) is 21.8 Å². The molecule has 2 aromatic heterocycles. The lowest BCUT2D eigenvalue weighted by Gasteiger charge is -2.26. The molecule has 0 radical (unpaired) electrons. The number of anilines is 3. The van der Waals surface area contributed by atoms with Crippen LogP contribution >= 0.6 is 0 Å². The highest BCUT2D eigenvalue weighted by Crippen LogP contribution is 2.23. The highest BCUT2D eigenvalue weighted by atomic mass is 19.1. The molecule has 1 saturated heterocycles. The fourth-order valence-corrected chi connectivity index (χ4v) is 2.83. The van der Waals surface area contributed by atoms with Gasteiger partial charge < -0.3 is 15.4 Å². The fourth-order valence-electron chi connectivity index (χ4n) is 2.83. The summed E-state index contributed by atoms with van der Waals surface area (Å²) in [5, 5.41) is 14.1. The number of aromatic nitrogens is 4. The van der Waals surface area contributed by atoms with Crippen LogP contribution in [0.3, 0.4) is 0 Å². The van der Waals surface area contributed by atoms with E-state index in [9.17, 15) is 4.39 Å². The van der Waals surface area contributed by atoms with Gasteiger partial charge in [0.05, 0.1) is 24.8 Å². The molecule has 1 aliphatic heterocycles. The summed E-state index contributed by atoms with van der Waals surface area (Å²) in [7, 11) is 0. The molecule has 3 heterocycles. The van der Waals surface area contributed by atoms with Crippen LogP contribution in [0, 0.1) is 5.82 Å². The summed E-state index contributed by atoms with van der Waals surface area (Å²) in [6, 6.07) is 6.12. The Morgan fingerprint density at radius 2 is 1.96 bits per heavy atom. The second-order valence-electron chi connectivity index (χ2n) is 6.04. The van der Waals surface area contributed by atoms with Gasteiger partial charge in [0.2, 0.25) is 5.95 Å². The molecule has 4 rings (SSSR count). The highest BCUT2D eigenvalue weighted by Gasteiger charge is 2.12. The quantitative estimate of drug-likeness (QED) is 0.621. The van der Waals surface area contributed by atoms with Crippen LogP contribution in [0.2, 0.25) is 0 Å². The monoisotopic (exact) mass is 357 g/mol. The number of benzene rings is 1. The lowest BCUT2D eigenvalue weighted by molar-refractivity contribution is 0.0398. The number of fused-ring (bicyclic) bond motifs is 1. The van der Waals surface area contributed by atoms with Crippen molar-refractivity contribution < 1.29 is 9.13 Å². The zero-order valence-electron chi connectivity index (χ0n) is 14.2. The van der Waals surface area contributed by atoms with E-state index >= 15 is 0 Å². The molecule has 0 saturated carbocycles. The normalized spacial score (nSPS) is 15.3. The van der Waals surface area contributed by atoms with Crippen molar-refractivity contribution in [3.8, 4) is 0 Å². The molecule has 1 fully saturated rings. The number of halogens is 1. The lowest BCUT2D eigenvalue weighted by atomic mass is 10.3. The number of morpholine rings is 1. The Bertz CT molecular complexity index is 861. The van der Waals surface area contributed by atoms with Gasteiger partial charge in [0.1, 0.15) is 11.6 Å². The number of hydrogen-bond donors (Lipinski definition) is 3. The summed E-state index contributed by atoms with van der Waals surface area (Å²) in [5.41, 5.74) is 1.38. The van der Waals surface area contributed by atoms with Gasteiger partial charge in [0.25, 0.3) is 0 Å². The average Bonchev–Trinajstić information content (AvgIpc) is 3.13. The van der Waals surface area contributed by atoms with E-state index in [0.29, 0.717) is 17.4 Å². The van der Waals surface area contributed by atoms with Gasteiger partial charge in [-0.2, -0.15) is 15.1 Å². The minimum absolute atomic E-state index is 0.280. The van der Waals surface area contributed by atoms with E-state index < -0.39 is 0 Å². The Hall–Kier alpha value is -2.78. The molecule has 26 heavy (non-hydrogen) atoms. The molecule has 3 aromatic rings. The van der Waals surface area contributed by atoms with Crippen LogP contribution < -0.4 is 10.6 Å². The van der Waals surface area contributed by atoms with Gasteiger partial charge in [0, 0.05) is 31.9 Å². The predicted octanol–water partition coefficient (Wildman–Crippen LogP) is 1.98. The van der Waals surface area contributed by atoms with E-state index in [1.807, 2.05) is 0 Å². The molecule has 8 nitrogen and oxygen atoms in total. The zero-order valence-corrected chi connectivity index (χ0v) is 14.2. The Kier molecular flexibility index (Phi) is 4.89. The average molecular weight is 357 g/mol. The van der Waals surface area contributed by atoms with Crippen molar-refractivity contribution in [2.75, 3.05) is 50.0 Å². The van der Waals surface area contributed by atoms with Gasteiger partial charge in [-0.15, -0.1) is 0 Å². The molecule has 0 aliphatic carbocycles. The summed E-state index contributed by atoms with van der Waals surface area (Å²) < 4.78 is 18.4. The van der Waals surface area contributed by atoms with E-state index in [2.05, 4.69) is 35.7 Å². The zero-order chi connectivity index (χ0) is 17.8. The maximum Gasteiger partial charge on any atom is 0.226 e. The summed E-state index contributed by atoms with van der Waals surface area (Å²) in [4.78, 5) is 11.3. The van der Waals surface area contributed by atoms with Crippen molar-refractivity contribution in [2.24, 2.45) is 0 Å². The Morgan fingerprint density at radius 1 is 1.15 bits per heavy atom. The molecule has 3 N–H and O–H groups in total. The Labute approximate surface area is 149 Å². The largest absolute Gasteiger partial charge is 0.379 e. The molecule has 0 spiro atoms. The van der Waals surface area contributed by atoms with Crippen LogP contribution in [-0.2, 0) is 4.74 Å². The molecule has 0 atom stereocenters. The maximum atomic E-state index is 13.1. The van der Waals surface area contributed by atoms with Crippen molar-refractivity contribution in [1.29, 1.82) is 0 Å². The third-order valence-corrected chi connectivity index (χ3v) is 4.23. The number of hydrogen-bond acceptors (Lipinski definition) is 7. The van der Waals surface area contributed by atoms with E-state index in [1.54, 1.807) is 18.3 Å². The lowest BCUT2D eigenvalue weighted by Crippen LogP contribution is -2.39. The topological polar surface area (TPSA) is 91.0 Å². The smallest absolute Gasteiger partial charge is 0.226 e. The number of H-pyrrole nitrogens is 1. The first kappa shape index (κ1) is 16.7. The third-order valence-electron chi connectivity index (χ3n) is 4.23. The molecule has 9 heteroatoms. The van der Waals surface area contributed by atoms with Gasteiger partial charge >= 0.3 is 0 Å². The molecule has 0 unspecified atom stereocenters. The first-order chi connectivity index (χ1) is 12.8. The standard InChI is InChI=1S/C17H20FN7O/c18-12-1-3-13(4-2-12)21-15-14-11-20-24-16(14)23-17(22-15)19-5-6-25-7-9-26-10-8-25/h1-4,11H,5-10H2,(H3,19,20,21,22,23,24). The van der Waals surface area contributed by atoms with Crippen LogP contribution in [-0.4, -0.2) is 64.5 Å². The molecular formula is C17H20FN7O. The minimum Gasteiger partial charge on any atom is -0.379 e. The molecular weight excluding hydrogens is 337 g/mol.